The number of allylic oxidation sites excluding steroid dienone is 5. The van der Waals surface area contributed by atoms with E-state index in [1.807, 2.05) is 51.2 Å². The van der Waals surface area contributed by atoms with E-state index in [0.29, 0.717) is 6.61 Å². The first kappa shape index (κ1) is 27.6. The normalized spacial score (nSPS) is 38.2. The molecule has 0 amide bonds. The summed E-state index contributed by atoms with van der Waals surface area (Å²) < 4.78 is 22.7. The Hall–Kier alpha value is -1.63. The average Bonchev–Trinajstić information content (AvgIpc) is 2.80. The molecule has 2 aliphatic heterocycles. The van der Waals surface area contributed by atoms with Crippen molar-refractivity contribution in [3.8, 4) is 0 Å². The number of esters is 1. The second kappa shape index (κ2) is 13.3. The van der Waals surface area contributed by atoms with E-state index in [2.05, 4.69) is 5.32 Å². The van der Waals surface area contributed by atoms with Crippen LogP contribution in [0.3, 0.4) is 0 Å². The van der Waals surface area contributed by atoms with Gasteiger partial charge in [0.2, 0.25) is 0 Å². The lowest BCUT2D eigenvalue weighted by Crippen LogP contribution is -2.63. The van der Waals surface area contributed by atoms with Crippen LogP contribution in [-0.4, -0.2) is 102 Å². The molecule has 0 bridgehead atoms. The van der Waals surface area contributed by atoms with Gasteiger partial charge in [-0.3, -0.25) is 10.1 Å². The molecule has 0 saturated carbocycles. The van der Waals surface area contributed by atoms with Gasteiger partial charge >= 0.3 is 5.97 Å². The van der Waals surface area contributed by atoms with E-state index in [1.54, 1.807) is 7.11 Å². The molecule has 0 aliphatic carbocycles. The molecule has 10 heteroatoms. The summed E-state index contributed by atoms with van der Waals surface area (Å²) in [6, 6.07) is 0. The van der Waals surface area contributed by atoms with E-state index in [0.717, 1.165) is 5.57 Å². The topological polar surface area (TPSA) is 147 Å². The molecule has 0 spiro atoms. The molecule has 0 aromatic heterocycles. The molecular weight excluding hydrogens is 434 g/mol. The van der Waals surface area contributed by atoms with Crippen molar-refractivity contribution in [3.05, 3.63) is 36.0 Å². The zero-order chi connectivity index (χ0) is 24.5. The predicted molar refractivity (Wildman–Crippen MR) is 119 cm³/mol. The van der Waals surface area contributed by atoms with E-state index in [-0.39, 0.29) is 18.6 Å². The molecule has 33 heavy (non-hydrogen) atoms. The molecule has 0 radical (unpaired) electrons. The van der Waals surface area contributed by atoms with Gasteiger partial charge in [0.1, 0.15) is 42.9 Å². The highest BCUT2D eigenvalue weighted by Gasteiger charge is 2.44. The number of nitrogens with one attached hydrogen (secondary N) is 1. The molecule has 0 aromatic carbocycles. The van der Waals surface area contributed by atoms with Gasteiger partial charge in [-0.05, 0) is 19.4 Å². The lowest BCUT2D eigenvalue weighted by atomic mass is 9.90. The Labute approximate surface area is 194 Å². The summed E-state index contributed by atoms with van der Waals surface area (Å²) in [6.45, 7) is 5.30. The number of carbonyl (C=O) groups is 1. The van der Waals surface area contributed by atoms with E-state index in [9.17, 15) is 25.2 Å². The van der Waals surface area contributed by atoms with Crippen LogP contribution in [-0.2, 0) is 23.7 Å². The van der Waals surface area contributed by atoms with Crippen molar-refractivity contribution >= 4 is 5.97 Å². The average molecular weight is 472 g/mol. The summed E-state index contributed by atoms with van der Waals surface area (Å²) in [6.07, 6.45) is 1.10. The number of aliphatic hydroxyl groups excluding tert-OH is 4. The van der Waals surface area contributed by atoms with Crippen LogP contribution in [0.1, 0.15) is 20.8 Å². The third-order valence-electron chi connectivity index (χ3n) is 5.82. The van der Waals surface area contributed by atoms with Gasteiger partial charge in [0, 0.05) is 13.0 Å². The van der Waals surface area contributed by atoms with Gasteiger partial charge in [-0.2, -0.15) is 0 Å². The molecule has 9 unspecified atom stereocenters. The molecule has 9 atom stereocenters. The van der Waals surface area contributed by atoms with Crippen molar-refractivity contribution in [2.24, 2.45) is 5.92 Å². The number of aliphatic hydroxyl groups is 4. The van der Waals surface area contributed by atoms with Gasteiger partial charge in [0.15, 0.2) is 6.10 Å². The predicted octanol–water partition coefficient (Wildman–Crippen LogP) is -0.584. The Bertz CT molecular complexity index is 708. The molecule has 2 heterocycles. The quantitative estimate of drug-likeness (QED) is 0.218. The number of methoxy groups -OCH3 is 1. The van der Waals surface area contributed by atoms with E-state index in [1.165, 1.54) is 0 Å². The van der Waals surface area contributed by atoms with Crippen LogP contribution in [0.5, 0.6) is 0 Å². The molecular formula is C23H37NO9. The molecule has 2 rings (SSSR count). The minimum atomic E-state index is -1.54. The fraction of sp³-hybridized carbons (Fsp3) is 0.696. The molecule has 2 fully saturated rings. The van der Waals surface area contributed by atoms with E-state index >= 15 is 0 Å². The first-order valence-corrected chi connectivity index (χ1v) is 11.1. The molecule has 188 valence electrons. The standard InChI is InChI=1S/C23H37NO9/c1-5-6-7-8-9-13(2)21-22(20(30-4)14(3)12-31-21)33-16(26)10-24-23-19(29)18(28)17(27)15(11-25)32-23/h5-9,14-15,17-25,27-29H,10-12H2,1-4H3. The second-order valence-electron chi connectivity index (χ2n) is 8.34. The Morgan fingerprint density at radius 1 is 1.12 bits per heavy atom. The SMILES string of the molecule is CC=CC=CC=C(C)C1OCC(C)C(OC)C1OC(=O)CNC1OC(CO)C(O)C(O)C1O. The maximum Gasteiger partial charge on any atom is 0.320 e. The first-order valence-electron chi connectivity index (χ1n) is 11.1. The fourth-order valence-corrected chi connectivity index (χ4v) is 3.95. The zero-order valence-corrected chi connectivity index (χ0v) is 19.5. The second-order valence-corrected chi connectivity index (χ2v) is 8.34. The number of carbonyl (C=O) groups excluding carboxylic acids is 1. The van der Waals surface area contributed by atoms with E-state index in [4.69, 9.17) is 18.9 Å². The molecule has 2 saturated heterocycles. The van der Waals surface area contributed by atoms with Crippen LogP contribution in [0.2, 0.25) is 0 Å². The van der Waals surface area contributed by atoms with Crippen molar-refractivity contribution in [2.75, 3.05) is 26.9 Å². The first-order chi connectivity index (χ1) is 15.7. The highest BCUT2D eigenvalue weighted by atomic mass is 16.6. The van der Waals surface area contributed by atoms with Crippen LogP contribution < -0.4 is 5.32 Å². The Morgan fingerprint density at radius 2 is 1.85 bits per heavy atom. The van der Waals surface area contributed by atoms with E-state index < -0.39 is 55.4 Å². The third kappa shape index (κ3) is 7.17. The number of ether oxygens (including phenoxy) is 4. The smallest absolute Gasteiger partial charge is 0.320 e. The summed E-state index contributed by atoms with van der Waals surface area (Å²) >= 11 is 0. The number of hydrogen-bond acceptors (Lipinski definition) is 10. The van der Waals surface area contributed by atoms with Crippen LogP contribution in [0, 0.1) is 5.92 Å². The van der Waals surface area contributed by atoms with Crippen LogP contribution in [0.15, 0.2) is 36.0 Å². The van der Waals surface area contributed by atoms with Gasteiger partial charge < -0.3 is 39.4 Å². The minimum absolute atomic E-state index is 0.00572. The van der Waals surface area contributed by atoms with Crippen LogP contribution in [0.4, 0.5) is 0 Å². The van der Waals surface area contributed by atoms with Gasteiger partial charge in [-0.15, -0.1) is 0 Å². The van der Waals surface area contributed by atoms with Gasteiger partial charge in [0.25, 0.3) is 0 Å². The van der Waals surface area contributed by atoms with Crippen LogP contribution >= 0.6 is 0 Å². The Morgan fingerprint density at radius 3 is 2.48 bits per heavy atom. The summed E-state index contributed by atoms with van der Waals surface area (Å²) in [4.78, 5) is 12.7. The zero-order valence-electron chi connectivity index (χ0n) is 19.5. The van der Waals surface area contributed by atoms with Gasteiger partial charge in [0.05, 0.1) is 19.8 Å². The summed E-state index contributed by atoms with van der Waals surface area (Å²) in [7, 11) is 1.56. The highest BCUT2D eigenvalue weighted by Crippen LogP contribution is 2.29. The van der Waals surface area contributed by atoms with Gasteiger partial charge in [-0.1, -0.05) is 37.3 Å². The summed E-state index contributed by atoms with van der Waals surface area (Å²) in [5.74, 6) is -0.646. The maximum atomic E-state index is 12.7. The maximum absolute atomic E-state index is 12.7. The summed E-state index contributed by atoms with van der Waals surface area (Å²) in [5.41, 5.74) is 0.865. The lowest BCUT2D eigenvalue weighted by molar-refractivity contribution is -0.237. The van der Waals surface area contributed by atoms with Crippen molar-refractivity contribution in [1.29, 1.82) is 0 Å². The molecule has 5 N–H and O–H groups in total. The van der Waals surface area contributed by atoms with Crippen molar-refractivity contribution in [1.82, 2.24) is 5.32 Å². The van der Waals surface area contributed by atoms with Crippen molar-refractivity contribution in [2.45, 2.75) is 69.7 Å². The third-order valence-corrected chi connectivity index (χ3v) is 5.82. The lowest BCUT2D eigenvalue weighted by Gasteiger charge is -2.41. The Kier molecular flexibility index (Phi) is 11.1. The summed E-state index contributed by atoms with van der Waals surface area (Å²) in [5, 5.41) is 41.8. The highest BCUT2D eigenvalue weighted by molar-refractivity contribution is 5.72. The van der Waals surface area contributed by atoms with Crippen molar-refractivity contribution < 1.29 is 44.2 Å². The molecule has 10 nitrogen and oxygen atoms in total. The van der Waals surface area contributed by atoms with Gasteiger partial charge in [-0.25, -0.2) is 0 Å². The minimum Gasteiger partial charge on any atom is -0.455 e. The largest absolute Gasteiger partial charge is 0.455 e. The monoisotopic (exact) mass is 471 g/mol. The molecule has 2 aliphatic rings. The molecule has 0 aromatic rings. The van der Waals surface area contributed by atoms with Crippen molar-refractivity contribution in [3.63, 3.8) is 0 Å². The fourth-order valence-electron chi connectivity index (χ4n) is 3.95. The number of hydrogen-bond donors (Lipinski definition) is 5. The number of rotatable bonds is 9. The van der Waals surface area contributed by atoms with Crippen LogP contribution in [0.25, 0.3) is 0 Å². The Balaban J connectivity index is 2.06.